The molecule has 32 heavy (non-hydrogen) atoms. The number of nitrogens with zero attached hydrogens (tertiary/aromatic N) is 2. The van der Waals surface area contributed by atoms with E-state index in [4.69, 9.17) is 17.3 Å². The van der Waals surface area contributed by atoms with Gasteiger partial charge >= 0.3 is 0 Å². The summed E-state index contributed by atoms with van der Waals surface area (Å²) in [6.45, 7) is 4.10. The lowest BCUT2D eigenvalue weighted by Crippen LogP contribution is -2.33. The molecule has 1 aliphatic rings. The van der Waals surface area contributed by atoms with E-state index in [0.717, 1.165) is 29.3 Å². The molecule has 4 rings (SSSR count). The molecule has 0 aliphatic carbocycles. The highest BCUT2D eigenvalue weighted by Crippen LogP contribution is 2.24. The van der Waals surface area contributed by atoms with Gasteiger partial charge in [-0.05, 0) is 75.3 Å². The number of aromatic nitrogens is 1. The van der Waals surface area contributed by atoms with Crippen molar-refractivity contribution in [1.82, 2.24) is 15.2 Å². The number of amides is 1. The van der Waals surface area contributed by atoms with Crippen LogP contribution in [0.3, 0.4) is 0 Å². The van der Waals surface area contributed by atoms with E-state index in [1.54, 1.807) is 18.3 Å². The number of nitrogens with two attached hydrogens (primary N) is 1. The Morgan fingerprint density at radius 1 is 1.09 bits per heavy atom. The number of rotatable bonds is 5. The number of halogens is 1. The second kappa shape index (κ2) is 10.5. The minimum Gasteiger partial charge on any atom is -0.383 e. The predicted molar refractivity (Wildman–Crippen MR) is 131 cm³/mol. The van der Waals surface area contributed by atoms with Crippen LogP contribution < -0.4 is 11.1 Å². The van der Waals surface area contributed by atoms with Gasteiger partial charge in [-0.1, -0.05) is 35.9 Å². The standard InChI is InChI=1S/C26H27ClN4O/c27-22-11-10-21-18-30-25(28)23(24(21)17-22)12-7-19-5-8-20(9-6-19)26(32)29-13-4-16-31-14-2-1-3-15-31/h5-6,8-11,17-18H,1-4,13-16H2,(H2,28,30)(H,29,32). The Kier molecular flexibility index (Phi) is 7.26. The van der Waals surface area contributed by atoms with Gasteiger partial charge in [0.05, 0.1) is 5.56 Å². The molecule has 2 heterocycles. The average molecular weight is 447 g/mol. The van der Waals surface area contributed by atoms with Crippen LogP contribution in [-0.2, 0) is 0 Å². The van der Waals surface area contributed by atoms with Crippen molar-refractivity contribution in [3.63, 3.8) is 0 Å². The largest absolute Gasteiger partial charge is 0.383 e. The zero-order chi connectivity index (χ0) is 22.3. The van der Waals surface area contributed by atoms with Gasteiger partial charge in [0.1, 0.15) is 5.82 Å². The maximum atomic E-state index is 12.4. The van der Waals surface area contributed by atoms with Crippen LogP contribution in [0.1, 0.15) is 47.2 Å². The van der Waals surface area contributed by atoms with Crippen molar-refractivity contribution in [2.75, 3.05) is 31.9 Å². The van der Waals surface area contributed by atoms with Crippen molar-refractivity contribution in [2.45, 2.75) is 25.7 Å². The van der Waals surface area contributed by atoms with Gasteiger partial charge in [-0.2, -0.15) is 0 Å². The lowest BCUT2D eigenvalue weighted by molar-refractivity contribution is 0.0951. The van der Waals surface area contributed by atoms with Crippen molar-refractivity contribution in [1.29, 1.82) is 0 Å². The molecule has 6 heteroatoms. The number of likely N-dealkylation sites (tertiary alicyclic amines) is 1. The maximum Gasteiger partial charge on any atom is 0.251 e. The summed E-state index contributed by atoms with van der Waals surface area (Å²) in [5.74, 6) is 6.55. The van der Waals surface area contributed by atoms with E-state index in [2.05, 4.69) is 27.0 Å². The molecule has 1 aromatic heterocycles. The zero-order valence-electron chi connectivity index (χ0n) is 18.0. The van der Waals surface area contributed by atoms with E-state index in [1.165, 1.54) is 32.4 Å². The fourth-order valence-electron chi connectivity index (χ4n) is 3.96. The highest BCUT2D eigenvalue weighted by molar-refractivity contribution is 6.31. The van der Waals surface area contributed by atoms with Crippen molar-refractivity contribution >= 4 is 34.1 Å². The van der Waals surface area contributed by atoms with Crippen molar-refractivity contribution < 1.29 is 4.79 Å². The minimum absolute atomic E-state index is 0.0553. The summed E-state index contributed by atoms with van der Waals surface area (Å²) in [5, 5.41) is 5.44. The number of nitrogens with one attached hydrogen (secondary N) is 1. The van der Waals surface area contributed by atoms with Crippen LogP contribution in [0, 0.1) is 11.8 Å². The number of nitrogen functional groups attached to an aromatic ring is 1. The average Bonchev–Trinajstić information content (AvgIpc) is 2.82. The molecule has 0 atom stereocenters. The molecule has 1 amide bonds. The van der Waals surface area contributed by atoms with Gasteiger partial charge in [-0.15, -0.1) is 0 Å². The Hall–Kier alpha value is -3.07. The third-order valence-electron chi connectivity index (χ3n) is 5.75. The molecule has 0 saturated carbocycles. The highest BCUT2D eigenvalue weighted by atomic mass is 35.5. The van der Waals surface area contributed by atoms with E-state index in [1.807, 2.05) is 30.3 Å². The SMILES string of the molecule is Nc1ncc2ccc(Cl)cc2c1C#Cc1ccc(C(=O)NCCCN2CCCCC2)cc1. The van der Waals surface area contributed by atoms with E-state index >= 15 is 0 Å². The van der Waals surface area contributed by atoms with E-state index in [-0.39, 0.29) is 5.91 Å². The minimum atomic E-state index is -0.0553. The molecule has 1 saturated heterocycles. The normalized spacial score (nSPS) is 14.0. The number of anilines is 1. The van der Waals surface area contributed by atoms with E-state index in [9.17, 15) is 4.79 Å². The van der Waals surface area contributed by atoms with Gasteiger partial charge in [0.2, 0.25) is 0 Å². The number of benzene rings is 2. The first kappa shape index (κ1) is 22.1. The molecule has 3 aromatic rings. The molecule has 1 fully saturated rings. The van der Waals surface area contributed by atoms with Crippen molar-refractivity contribution in [3.8, 4) is 11.8 Å². The quantitative estimate of drug-likeness (QED) is 0.448. The smallest absolute Gasteiger partial charge is 0.251 e. The van der Waals surface area contributed by atoms with E-state index in [0.29, 0.717) is 28.5 Å². The Labute approximate surface area is 194 Å². The van der Waals surface area contributed by atoms with Crippen molar-refractivity contribution in [2.24, 2.45) is 0 Å². The molecule has 0 unspecified atom stereocenters. The van der Waals surface area contributed by atoms with Gasteiger partial charge in [0.25, 0.3) is 5.91 Å². The monoisotopic (exact) mass is 446 g/mol. The van der Waals surface area contributed by atoms with Crippen LogP contribution >= 0.6 is 11.6 Å². The van der Waals surface area contributed by atoms with E-state index < -0.39 is 0 Å². The Balaban J connectivity index is 1.37. The second-order valence-corrected chi connectivity index (χ2v) is 8.53. The van der Waals surface area contributed by atoms with Gasteiger partial charge in [0, 0.05) is 39.7 Å². The summed E-state index contributed by atoms with van der Waals surface area (Å²) in [6.07, 6.45) is 6.61. The molecule has 5 nitrogen and oxygen atoms in total. The summed E-state index contributed by atoms with van der Waals surface area (Å²) in [6, 6.07) is 12.8. The second-order valence-electron chi connectivity index (χ2n) is 8.09. The summed E-state index contributed by atoms with van der Waals surface area (Å²) in [4.78, 5) is 19.1. The molecule has 0 radical (unpaired) electrons. The van der Waals surface area contributed by atoms with Crippen LogP contribution in [0.15, 0.2) is 48.7 Å². The zero-order valence-corrected chi connectivity index (χ0v) is 18.8. The molecular formula is C26H27ClN4O. The van der Waals surface area contributed by atoms with Gasteiger partial charge < -0.3 is 16.0 Å². The topological polar surface area (TPSA) is 71.2 Å². The summed E-state index contributed by atoms with van der Waals surface area (Å²) < 4.78 is 0. The molecular weight excluding hydrogens is 420 g/mol. The van der Waals surface area contributed by atoms with Crippen LogP contribution in [0.4, 0.5) is 5.82 Å². The fraction of sp³-hybridized carbons (Fsp3) is 0.308. The molecule has 1 aliphatic heterocycles. The third kappa shape index (κ3) is 5.59. The Morgan fingerprint density at radius 2 is 1.88 bits per heavy atom. The first-order chi connectivity index (χ1) is 15.6. The summed E-state index contributed by atoms with van der Waals surface area (Å²) >= 11 is 6.14. The van der Waals surface area contributed by atoms with Crippen molar-refractivity contribution in [3.05, 3.63) is 70.4 Å². The number of hydrogen-bond donors (Lipinski definition) is 2. The fourth-order valence-corrected chi connectivity index (χ4v) is 4.13. The van der Waals surface area contributed by atoms with Crippen LogP contribution in [-0.4, -0.2) is 42.0 Å². The van der Waals surface area contributed by atoms with Gasteiger partial charge in [-0.25, -0.2) is 4.98 Å². The lowest BCUT2D eigenvalue weighted by atomic mass is 10.1. The highest BCUT2D eigenvalue weighted by Gasteiger charge is 2.10. The molecule has 2 aromatic carbocycles. The number of pyridine rings is 1. The molecule has 0 bridgehead atoms. The number of carbonyl (C=O) groups is 1. The Morgan fingerprint density at radius 3 is 2.66 bits per heavy atom. The van der Waals surface area contributed by atoms with Crippen LogP contribution in [0.25, 0.3) is 10.8 Å². The predicted octanol–water partition coefficient (Wildman–Crippen LogP) is 4.48. The van der Waals surface area contributed by atoms with Crippen LogP contribution in [0.2, 0.25) is 5.02 Å². The first-order valence-corrected chi connectivity index (χ1v) is 11.4. The first-order valence-electron chi connectivity index (χ1n) is 11.1. The number of piperidine rings is 1. The molecule has 3 N–H and O–H groups in total. The summed E-state index contributed by atoms with van der Waals surface area (Å²) in [5.41, 5.74) is 8.14. The third-order valence-corrected chi connectivity index (χ3v) is 5.98. The van der Waals surface area contributed by atoms with Crippen LogP contribution in [0.5, 0.6) is 0 Å². The van der Waals surface area contributed by atoms with Gasteiger partial charge in [-0.3, -0.25) is 4.79 Å². The number of hydrogen-bond acceptors (Lipinski definition) is 4. The Bertz CT molecular complexity index is 1150. The number of fused-ring (bicyclic) bond motifs is 1. The van der Waals surface area contributed by atoms with Gasteiger partial charge in [0.15, 0.2) is 0 Å². The maximum absolute atomic E-state index is 12.4. The molecule has 0 spiro atoms. The number of carbonyl (C=O) groups excluding carboxylic acids is 1. The summed E-state index contributed by atoms with van der Waals surface area (Å²) in [7, 11) is 0. The lowest BCUT2D eigenvalue weighted by Gasteiger charge is -2.26. The molecule has 164 valence electrons.